The van der Waals surface area contributed by atoms with Gasteiger partial charge in [-0.05, 0) is 24.6 Å². The van der Waals surface area contributed by atoms with E-state index in [1.807, 2.05) is 0 Å². The molecular weight excluding hydrogens is 308 g/mol. The SMILES string of the molecule is Cc1ccc(N=C=O)cc1N=C=O.N=C=O.N=C=O.NC(N)=O. The van der Waals surface area contributed by atoms with Crippen LogP contribution in [0.15, 0.2) is 28.2 Å². The molecule has 0 unspecified atom stereocenters. The third-order valence-corrected chi connectivity index (χ3v) is 1.53. The van der Waals surface area contributed by atoms with Crippen molar-refractivity contribution in [1.29, 1.82) is 10.8 Å². The second-order valence-electron chi connectivity index (χ2n) is 2.98. The van der Waals surface area contributed by atoms with Crippen LogP contribution in [0.2, 0.25) is 0 Å². The van der Waals surface area contributed by atoms with Crippen molar-refractivity contribution in [3.05, 3.63) is 23.8 Å². The number of benzene rings is 1. The molecule has 0 saturated carbocycles. The molecule has 11 nitrogen and oxygen atoms in total. The first-order chi connectivity index (χ1) is 10.8. The fourth-order valence-electron chi connectivity index (χ4n) is 0.890. The number of rotatable bonds is 2. The topological polar surface area (TPSA) is 210 Å². The molecule has 23 heavy (non-hydrogen) atoms. The molecule has 6 N–H and O–H groups in total. The van der Waals surface area contributed by atoms with E-state index in [0.29, 0.717) is 11.4 Å². The number of aryl methyl sites for hydroxylation is 1. The number of nitrogens with one attached hydrogen (secondary N) is 2. The van der Waals surface area contributed by atoms with E-state index in [-0.39, 0.29) is 0 Å². The van der Waals surface area contributed by atoms with Gasteiger partial charge in [0.1, 0.15) is 0 Å². The number of carbonyl (C=O) groups is 1. The molecule has 0 atom stereocenters. The van der Waals surface area contributed by atoms with E-state index < -0.39 is 6.03 Å². The van der Waals surface area contributed by atoms with Crippen molar-refractivity contribution in [3.63, 3.8) is 0 Å². The summed E-state index contributed by atoms with van der Waals surface area (Å²) in [5, 5.41) is 10.8. The maximum Gasteiger partial charge on any atom is 0.309 e. The number of hydrogen-bond donors (Lipinski definition) is 4. The van der Waals surface area contributed by atoms with Gasteiger partial charge in [-0.25, -0.2) is 34.8 Å². The predicted molar refractivity (Wildman–Crippen MR) is 77.3 cm³/mol. The number of isocyanates is 4. The summed E-state index contributed by atoms with van der Waals surface area (Å²) in [4.78, 5) is 52.5. The highest BCUT2D eigenvalue weighted by Crippen LogP contribution is 2.23. The molecule has 1 aromatic carbocycles. The van der Waals surface area contributed by atoms with Crippen LogP contribution in [0.4, 0.5) is 16.2 Å². The Morgan fingerprint density at radius 1 is 1.00 bits per heavy atom. The Morgan fingerprint density at radius 2 is 1.39 bits per heavy atom. The average Bonchev–Trinajstić information content (AvgIpc) is 2.44. The lowest BCUT2D eigenvalue weighted by atomic mass is 10.2. The summed E-state index contributed by atoms with van der Waals surface area (Å²) in [7, 11) is 0. The lowest BCUT2D eigenvalue weighted by Gasteiger charge is -1.97. The van der Waals surface area contributed by atoms with Crippen LogP contribution in [0.3, 0.4) is 0 Å². The second-order valence-corrected chi connectivity index (χ2v) is 2.98. The molecule has 0 radical (unpaired) electrons. The standard InChI is InChI=1S/C9H6N2O2.CH4N2O.2CHNO/c1-7-2-3-8(10-5-12)4-9(7)11-6-13;2-1(3)4;2*2-1-3/h2-4H,1H3;(H4,2,3,4);2*2H. The Hall–Kier alpha value is -3.99. The monoisotopic (exact) mass is 320 g/mol. The van der Waals surface area contributed by atoms with Gasteiger partial charge in [0.2, 0.25) is 24.3 Å². The third kappa shape index (κ3) is 20.5. The zero-order chi connectivity index (χ0) is 18.7. The fourth-order valence-corrected chi connectivity index (χ4v) is 0.890. The van der Waals surface area contributed by atoms with E-state index in [1.54, 1.807) is 19.1 Å². The molecule has 11 heteroatoms. The number of nitrogens with two attached hydrogens (primary N) is 2. The van der Waals surface area contributed by atoms with Crippen molar-refractivity contribution in [1.82, 2.24) is 0 Å². The molecule has 0 aliphatic heterocycles. The minimum absolute atomic E-state index is 0.426. The van der Waals surface area contributed by atoms with Gasteiger partial charge in [0.15, 0.2) is 0 Å². The lowest BCUT2D eigenvalue weighted by molar-refractivity contribution is 0.256. The molecule has 0 bridgehead atoms. The second kappa shape index (κ2) is 18.0. The molecule has 0 spiro atoms. The van der Waals surface area contributed by atoms with Crippen molar-refractivity contribution in [2.45, 2.75) is 6.92 Å². The molecule has 0 aliphatic rings. The van der Waals surface area contributed by atoms with E-state index in [2.05, 4.69) is 21.5 Å². The highest BCUT2D eigenvalue weighted by Gasteiger charge is 1.97. The largest absolute Gasteiger partial charge is 0.352 e. The average molecular weight is 320 g/mol. The van der Waals surface area contributed by atoms with E-state index in [9.17, 15) is 9.59 Å². The zero-order valence-electron chi connectivity index (χ0n) is 11.8. The molecule has 2 amide bonds. The number of amides is 2. The van der Waals surface area contributed by atoms with Crippen LogP contribution in [0.25, 0.3) is 0 Å². The maximum absolute atomic E-state index is 10.00. The van der Waals surface area contributed by atoms with Gasteiger partial charge in [-0.2, -0.15) is 9.98 Å². The Balaban J connectivity index is -0.000000332. The number of primary amides is 2. The first-order valence-electron chi connectivity index (χ1n) is 5.23. The summed E-state index contributed by atoms with van der Waals surface area (Å²) in [5.41, 5.74) is 10.2. The molecule has 0 heterocycles. The summed E-state index contributed by atoms with van der Waals surface area (Å²) in [6.07, 6.45) is 4.34. The minimum atomic E-state index is -0.833. The number of nitrogens with zero attached hydrogens (tertiary/aromatic N) is 2. The predicted octanol–water partition coefficient (Wildman–Crippen LogP) is 0.755. The van der Waals surface area contributed by atoms with Crippen LogP contribution in [0.5, 0.6) is 0 Å². The van der Waals surface area contributed by atoms with E-state index in [1.165, 1.54) is 18.2 Å². The van der Waals surface area contributed by atoms with Gasteiger partial charge in [0.25, 0.3) is 0 Å². The number of aliphatic imine (C=N–C) groups is 2. The first kappa shape index (κ1) is 24.1. The van der Waals surface area contributed by atoms with E-state index >= 15 is 0 Å². The van der Waals surface area contributed by atoms with Crippen LogP contribution < -0.4 is 11.5 Å². The van der Waals surface area contributed by atoms with Gasteiger partial charge < -0.3 is 11.5 Å². The van der Waals surface area contributed by atoms with Crippen molar-refractivity contribution in [3.8, 4) is 0 Å². The van der Waals surface area contributed by atoms with Crippen molar-refractivity contribution < 1.29 is 24.0 Å². The van der Waals surface area contributed by atoms with Crippen molar-refractivity contribution in [2.24, 2.45) is 21.5 Å². The van der Waals surface area contributed by atoms with Gasteiger partial charge in [-0.15, -0.1) is 0 Å². The van der Waals surface area contributed by atoms with Gasteiger partial charge in [-0.1, -0.05) is 6.07 Å². The summed E-state index contributed by atoms with van der Waals surface area (Å²) in [5.74, 6) is 0. The van der Waals surface area contributed by atoms with Crippen LogP contribution in [0.1, 0.15) is 5.56 Å². The summed E-state index contributed by atoms with van der Waals surface area (Å²) in [6.45, 7) is 1.80. The number of urea groups is 1. The Bertz CT molecular complexity index is 647. The molecular formula is C12H12N6O5. The maximum atomic E-state index is 10.00. The number of carbonyl (C=O) groups excluding carboxylic acids is 5. The summed E-state index contributed by atoms with van der Waals surface area (Å²) < 4.78 is 0. The molecule has 0 aromatic heterocycles. The molecule has 120 valence electrons. The van der Waals surface area contributed by atoms with E-state index in [4.69, 9.17) is 25.2 Å². The Kier molecular flexibility index (Phi) is 18.8. The quantitative estimate of drug-likeness (QED) is 0.457. The first-order valence-corrected chi connectivity index (χ1v) is 5.23. The van der Waals surface area contributed by atoms with Crippen LogP contribution >= 0.6 is 0 Å². The summed E-state index contributed by atoms with van der Waals surface area (Å²) >= 11 is 0. The van der Waals surface area contributed by atoms with Gasteiger partial charge >= 0.3 is 6.03 Å². The lowest BCUT2D eigenvalue weighted by Crippen LogP contribution is -2.18. The molecule has 1 aromatic rings. The molecule has 0 saturated heterocycles. The highest BCUT2D eigenvalue weighted by molar-refractivity contribution is 5.69. The van der Waals surface area contributed by atoms with Gasteiger partial charge in [0.05, 0.1) is 11.4 Å². The van der Waals surface area contributed by atoms with Crippen LogP contribution in [0, 0.1) is 17.7 Å². The van der Waals surface area contributed by atoms with Gasteiger partial charge in [0, 0.05) is 0 Å². The molecule has 0 aliphatic carbocycles. The zero-order valence-corrected chi connectivity index (χ0v) is 11.8. The van der Waals surface area contributed by atoms with Crippen LogP contribution in [-0.2, 0) is 19.2 Å². The molecule has 1 rings (SSSR count). The highest BCUT2D eigenvalue weighted by atomic mass is 16.2. The fraction of sp³-hybridized carbons (Fsp3) is 0.0833. The Morgan fingerprint density at radius 3 is 1.74 bits per heavy atom. The smallest absolute Gasteiger partial charge is 0.309 e. The van der Waals surface area contributed by atoms with E-state index in [0.717, 1.165) is 17.7 Å². The van der Waals surface area contributed by atoms with Gasteiger partial charge in [-0.3, -0.25) is 0 Å². The Labute approximate surface area is 129 Å². The summed E-state index contributed by atoms with van der Waals surface area (Å²) in [6, 6.07) is 4.04. The van der Waals surface area contributed by atoms with Crippen molar-refractivity contribution >= 4 is 41.7 Å². The normalized spacial score (nSPS) is 6.48. The minimum Gasteiger partial charge on any atom is -0.352 e. The molecule has 0 fully saturated rings. The number of hydrogen-bond acceptors (Lipinski definition) is 9. The third-order valence-electron chi connectivity index (χ3n) is 1.53. The van der Waals surface area contributed by atoms with Crippen molar-refractivity contribution in [2.75, 3.05) is 0 Å². The van der Waals surface area contributed by atoms with Crippen LogP contribution in [-0.4, -0.2) is 30.4 Å².